The number of aromatic nitrogens is 1. The lowest BCUT2D eigenvalue weighted by molar-refractivity contribution is -0.140. The van der Waals surface area contributed by atoms with Gasteiger partial charge in [0.05, 0.1) is 24.4 Å². The van der Waals surface area contributed by atoms with E-state index in [2.05, 4.69) is 4.98 Å². The average Bonchev–Trinajstić information content (AvgIpc) is 3.36. The van der Waals surface area contributed by atoms with Crippen molar-refractivity contribution in [3.63, 3.8) is 0 Å². The largest absolute Gasteiger partial charge is 0.507 e. The summed E-state index contributed by atoms with van der Waals surface area (Å²) in [5.74, 6) is -1.04. The molecule has 1 atom stereocenters. The summed E-state index contributed by atoms with van der Waals surface area (Å²) in [6, 6.07) is 13.5. The lowest BCUT2D eigenvalue weighted by Gasteiger charge is -2.24. The molecule has 0 spiro atoms. The molecule has 6 heteroatoms. The van der Waals surface area contributed by atoms with Crippen molar-refractivity contribution in [2.75, 3.05) is 0 Å². The maximum Gasteiger partial charge on any atom is 0.296 e. The molecule has 1 fully saturated rings. The molecule has 6 nitrogen and oxygen atoms in total. The Morgan fingerprint density at radius 1 is 1.14 bits per heavy atom. The number of amides is 1. The van der Waals surface area contributed by atoms with Gasteiger partial charge in [0.15, 0.2) is 0 Å². The Hall–Kier alpha value is -3.67. The minimum Gasteiger partial charge on any atom is -0.507 e. The Morgan fingerprint density at radius 3 is 2.55 bits per heavy atom. The number of carbonyl (C=O) groups is 2. The SMILES string of the molecule is CCc1ccc(/C(O)=C2/C(=O)C(=O)N(Cc3ccco3)C2c2cccnc2)cc1. The van der Waals surface area contributed by atoms with Crippen molar-refractivity contribution in [2.45, 2.75) is 25.9 Å². The zero-order chi connectivity index (χ0) is 20.4. The van der Waals surface area contributed by atoms with Crippen molar-refractivity contribution in [1.82, 2.24) is 9.88 Å². The summed E-state index contributed by atoms with van der Waals surface area (Å²) in [5, 5.41) is 11.0. The number of hydrogen-bond acceptors (Lipinski definition) is 5. The maximum atomic E-state index is 12.9. The average molecular weight is 388 g/mol. The van der Waals surface area contributed by atoms with Gasteiger partial charge in [-0.15, -0.1) is 0 Å². The molecule has 3 aromatic rings. The van der Waals surface area contributed by atoms with Crippen LogP contribution < -0.4 is 0 Å². The van der Waals surface area contributed by atoms with Gasteiger partial charge in [-0.05, 0) is 35.7 Å². The third-order valence-corrected chi connectivity index (χ3v) is 5.08. The molecule has 4 rings (SSSR count). The highest BCUT2D eigenvalue weighted by molar-refractivity contribution is 6.46. The second-order valence-corrected chi connectivity index (χ2v) is 6.84. The summed E-state index contributed by atoms with van der Waals surface area (Å²) in [7, 11) is 0. The second kappa shape index (κ2) is 7.75. The number of pyridine rings is 1. The predicted octanol–water partition coefficient (Wildman–Crippen LogP) is 3.86. The molecule has 1 aliphatic rings. The highest BCUT2D eigenvalue weighted by Gasteiger charge is 2.46. The van der Waals surface area contributed by atoms with Crippen LogP contribution in [-0.2, 0) is 22.6 Å². The van der Waals surface area contributed by atoms with Crippen LogP contribution in [0, 0.1) is 0 Å². The number of aryl methyl sites for hydroxylation is 1. The van der Waals surface area contributed by atoms with Crippen molar-refractivity contribution in [1.29, 1.82) is 0 Å². The molecular weight excluding hydrogens is 368 g/mol. The van der Waals surface area contributed by atoms with E-state index < -0.39 is 17.7 Å². The first-order valence-electron chi connectivity index (χ1n) is 9.40. The molecule has 2 aromatic heterocycles. The standard InChI is InChI=1S/C23H20N2O4/c1-2-15-7-9-16(10-8-15)21(26)19-20(17-5-3-11-24-13-17)25(23(28)22(19)27)14-18-6-4-12-29-18/h3-13,20,26H,2,14H2,1H3/b21-19-. The van der Waals surface area contributed by atoms with Crippen LogP contribution in [0.25, 0.3) is 5.76 Å². The quantitative estimate of drug-likeness (QED) is 0.408. The molecule has 1 saturated heterocycles. The van der Waals surface area contributed by atoms with Crippen molar-refractivity contribution in [3.05, 3.63) is 95.2 Å². The Labute approximate surface area is 168 Å². The number of ketones is 1. The van der Waals surface area contributed by atoms with Crippen molar-refractivity contribution in [3.8, 4) is 0 Å². The van der Waals surface area contributed by atoms with Crippen molar-refractivity contribution in [2.24, 2.45) is 0 Å². The third-order valence-electron chi connectivity index (χ3n) is 5.08. The summed E-state index contributed by atoms with van der Waals surface area (Å²) < 4.78 is 5.37. The van der Waals surface area contributed by atoms with Gasteiger partial charge in [0.2, 0.25) is 0 Å². The first-order valence-corrected chi connectivity index (χ1v) is 9.40. The first kappa shape index (κ1) is 18.7. The number of rotatable bonds is 5. The van der Waals surface area contributed by atoms with E-state index in [0.717, 1.165) is 12.0 Å². The van der Waals surface area contributed by atoms with Crippen molar-refractivity contribution >= 4 is 17.4 Å². The molecule has 0 saturated carbocycles. The number of Topliss-reactive ketones (excluding diaryl/α,β-unsaturated/α-hetero) is 1. The summed E-state index contributed by atoms with van der Waals surface area (Å²) in [4.78, 5) is 31.3. The van der Waals surface area contributed by atoms with Gasteiger partial charge >= 0.3 is 0 Å². The Kier molecular flexibility index (Phi) is 4.99. The minimum absolute atomic E-state index is 0.0544. The molecule has 1 unspecified atom stereocenters. The highest BCUT2D eigenvalue weighted by atomic mass is 16.3. The summed E-state index contributed by atoms with van der Waals surface area (Å²) in [6.07, 6.45) is 5.59. The van der Waals surface area contributed by atoms with Crippen molar-refractivity contribution < 1.29 is 19.1 Å². The van der Waals surface area contributed by atoms with Gasteiger partial charge in [0.25, 0.3) is 11.7 Å². The topological polar surface area (TPSA) is 83.6 Å². The molecule has 0 radical (unpaired) electrons. The maximum absolute atomic E-state index is 12.9. The lowest BCUT2D eigenvalue weighted by atomic mass is 9.96. The Morgan fingerprint density at radius 2 is 1.93 bits per heavy atom. The predicted molar refractivity (Wildman–Crippen MR) is 107 cm³/mol. The van der Waals surface area contributed by atoms with E-state index in [4.69, 9.17) is 4.42 Å². The van der Waals surface area contributed by atoms with Gasteiger partial charge in [-0.2, -0.15) is 0 Å². The van der Waals surface area contributed by atoms with E-state index in [1.807, 2.05) is 19.1 Å². The molecule has 29 heavy (non-hydrogen) atoms. The normalized spacial score (nSPS) is 18.4. The van der Waals surface area contributed by atoms with Gasteiger partial charge in [-0.25, -0.2) is 0 Å². The Bertz CT molecular complexity index is 1050. The zero-order valence-electron chi connectivity index (χ0n) is 15.9. The van der Waals surface area contributed by atoms with Gasteiger partial charge in [0.1, 0.15) is 11.5 Å². The first-order chi connectivity index (χ1) is 14.1. The van der Waals surface area contributed by atoms with E-state index in [1.165, 1.54) is 11.2 Å². The third kappa shape index (κ3) is 3.45. The number of benzene rings is 1. The van der Waals surface area contributed by atoms with Crippen LogP contribution in [0.2, 0.25) is 0 Å². The fourth-order valence-corrected chi connectivity index (χ4v) is 3.55. The summed E-state index contributed by atoms with van der Waals surface area (Å²) in [5.41, 5.74) is 2.31. The van der Waals surface area contributed by atoms with E-state index in [-0.39, 0.29) is 17.9 Å². The van der Waals surface area contributed by atoms with Crippen LogP contribution in [0.5, 0.6) is 0 Å². The van der Waals surface area contributed by atoms with Gasteiger partial charge in [0, 0.05) is 18.0 Å². The fourth-order valence-electron chi connectivity index (χ4n) is 3.55. The van der Waals surface area contributed by atoms with Crippen LogP contribution in [0.15, 0.2) is 77.2 Å². The van der Waals surface area contributed by atoms with Crippen LogP contribution in [0.1, 0.15) is 35.4 Å². The molecule has 0 aliphatic carbocycles. The van der Waals surface area contributed by atoms with Gasteiger partial charge in [-0.1, -0.05) is 37.3 Å². The van der Waals surface area contributed by atoms with E-state index in [0.29, 0.717) is 16.9 Å². The van der Waals surface area contributed by atoms with Crippen LogP contribution in [-0.4, -0.2) is 26.7 Å². The number of carbonyl (C=O) groups excluding carboxylic acids is 2. The van der Waals surface area contributed by atoms with Crippen LogP contribution >= 0.6 is 0 Å². The molecule has 1 aliphatic heterocycles. The number of likely N-dealkylation sites (tertiary alicyclic amines) is 1. The highest BCUT2D eigenvalue weighted by Crippen LogP contribution is 2.40. The monoisotopic (exact) mass is 388 g/mol. The minimum atomic E-state index is -0.750. The number of aliphatic hydroxyl groups is 1. The summed E-state index contributed by atoms with van der Waals surface area (Å²) in [6.45, 7) is 2.15. The second-order valence-electron chi connectivity index (χ2n) is 6.84. The van der Waals surface area contributed by atoms with Crippen LogP contribution in [0.3, 0.4) is 0 Å². The van der Waals surface area contributed by atoms with Gasteiger partial charge in [-0.3, -0.25) is 14.6 Å². The van der Waals surface area contributed by atoms with E-state index in [1.54, 1.807) is 48.8 Å². The summed E-state index contributed by atoms with van der Waals surface area (Å²) >= 11 is 0. The van der Waals surface area contributed by atoms with E-state index in [9.17, 15) is 14.7 Å². The molecule has 1 N–H and O–H groups in total. The number of nitrogens with zero attached hydrogens (tertiary/aromatic N) is 2. The Balaban J connectivity index is 1.83. The molecular formula is C23H20N2O4. The number of hydrogen-bond donors (Lipinski definition) is 1. The molecule has 0 bridgehead atoms. The number of aliphatic hydroxyl groups excluding tert-OH is 1. The zero-order valence-corrected chi connectivity index (χ0v) is 15.9. The van der Waals surface area contributed by atoms with Gasteiger partial charge < -0.3 is 14.4 Å². The lowest BCUT2D eigenvalue weighted by Crippen LogP contribution is -2.29. The molecule has 3 heterocycles. The molecule has 1 amide bonds. The molecule has 1 aromatic carbocycles. The molecule has 146 valence electrons. The van der Waals surface area contributed by atoms with E-state index >= 15 is 0 Å². The smallest absolute Gasteiger partial charge is 0.296 e. The fraction of sp³-hybridized carbons (Fsp3) is 0.174. The van der Waals surface area contributed by atoms with Crippen LogP contribution in [0.4, 0.5) is 0 Å². The number of furan rings is 1.